The molecule has 10 heteroatoms. The van der Waals surface area contributed by atoms with Gasteiger partial charge in [-0.05, 0) is 18.6 Å². The summed E-state index contributed by atoms with van der Waals surface area (Å²) in [6.07, 6.45) is -0.700. The van der Waals surface area contributed by atoms with Crippen molar-refractivity contribution in [1.82, 2.24) is 10.6 Å². The number of nitro groups is 2. The van der Waals surface area contributed by atoms with Crippen LogP contribution in [0.25, 0.3) is 0 Å². The topological polar surface area (TPSA) is 137 Å². The standard InChI is InChI=1S/C19H18N4O6/c1-11-16(19(24)29-2)17(12-6-5-7-13(10-12)22(25)26)21-18(20-11)14-8-3-4-9-15(14)23(27)28/h3-10,17-18,20-21H,1-2H3/t17-,18+/m0/s1. The number of hydrogen-bond acceptors (Lipinski definition) is 8. The molecular weight excluding hydrogens is 380 g/mol. The van der Waals surface area contributed by atoms with E-state index in [0.29, 0.717) is 16.8 Å². The largest absolute Gasteiger partial charge is 0.466 e. The van der Waals surface area contributed by atoms with Gasteiger partial charge in [-0.3, -0.25) is 25.5 Å². The van der Waals surface area contributed by atoms with E-state index in [0.717, 1.165) is 0 Å². The van der Waals surface area contributed by atoms with Crippen LogP contribution in [0, 0.1) is 20.2 Å². The fraction of sp³-hybridized carbons (Fsp3) is 0.211. The number of carbonyl (C=O) groups excluding carboxylic acids is 1. The maximum Gasteiger partial charge on any atom is 0.337 e. The van der Waals surface area contributed by atoms with Gasteiger partial charge in [0.15, 0.2) is 0 Å². The molecule has 2 aromatic carbocycles. The second kappa shape index (κ2) is 8.07. The van der Waals surface area contributed by atoms with Crippen LogP contribution in [0.3, 0.4) is 0 Å². The van der Waals surface area contributed by atoms with Crippen molar-refractivity contribution in [1.29, 1.82) is 0 Å². The highest BCUT2D eigenvalue weighted by atomic mass is 16.6. The lowest BCUT2D eigenvalue weighted by molar-refractivity contribution is -0.385. The number of benzene rings is 2. The Hall–Kier alpha value is -3.79. The van der Waals surface area contributed by atoms with Crippen LogP contribution >= 0.6 is 0 Å². The first kappa shape index (κ1) is 20.0. The summed E-state index contributed by atoms with van der Waals surface area (Å²) < 4.78 is 4.87. The molecule has 0 spiro atoms. The predicted octanol–water partition coefficient (Wildman–Crippen LogP) is 2.88. The summed E-state index contributed by atoms with van der Waals surface area (Å²) in [4.78, 5) is 34.0. The van der Waals surface area contributed by atoms with Crippen molar-refractivity contribution in [3.05, 3.63) is 91.2 Å². The minimum absolute atomic E-state index is 0.0930. The maximum absolute atomic E-state index is 12.4. The van der Waals surface area contributed by atoms with Gasteiger partial charge < -0.3 is 10.1 Å². The quantitative estimate of drug-likeness (QED) is 0.446. The molecule has 0 bridgehead atoms. The van der Waals surface area contributed by atoms with Crippen molar-refractivity contribution in [3.63, 3.8) is 0 Å². The van der Waals surface area contributed by atoms with E-state index in [1.54, 1.807) is 31.2 Å². The smallest absolute Gasteiger partial charge is 0.337 e. The van der Waals surface area contributed by atoms with Crippen LogP contribution < -0.4 is 10.6 Å². The molecule has 3 rings (SSSR count). The van der Waals surface area contributed by atoms with Crippen LogP contribution in [0.1, 0.15) is 30.3 Å². The third-order valence-corrected chi connectivity index (χ3v) is 4.65. The van der Waals surface area contributed by atoms with Gasteiger partial charge in [0.05, 0.1) is 34.1 Å². The molecule has 0 fully saturated rings. The van der Waals surface area contributed by atoms with Crippen molar-refractivity contribution in [2.75, 3.05) is 7.11 Å². The summed E-state index contributed by atoms with van der Waals surface area (Å²) in [5.41, 5.74) is 1.30. The van der Waals surface area contributed by atoms with Crippen LogP contribution in [0.4, 0.5) is 11.4 Å². The number of hydrogen-bond donors (Lipinski definition) is 2. The Morgan fingerprint density at radius 3 is 2.45 bits per heavy atom. The molecule has 2 aromatic rings. The van der Waals surface area contributed by atoms with E-state index in [4.69, 9.17) is 4.74 Å². The van der Waals surface area contributed by atoms with Crippen molar-refractivity contribution in [2.24, 2.45) is 0 Å². The Morgan fingerprint density at radius 2 is 1.79 bits per heavy atom. The molecule has 0 aromatic heterocycles. The predicted molar refractivity (Wildman–Crippen MR) is 103 cm³/mol. The van der Waals surface area contributed by atoms with Crippen LogP contribution in [0.5, 0.6) is 0 Å². The van der Waals surface area contributed by atoms with Crippen LogP contribution in [0.15, 0.2) is 59.8 Å². The van der Waals surface area contributed by atoms with Crippen molar-refractivity contribution < 1.29 is 19.4 Å². The van der Waals surface area contributed by atoms with Crippen LogP contribution in [-0.4, -0.2) is 22.9 Å². The van der Waals surface area contributed by atoms with Crippen molar-refractivity contribution in [2.45, 2.75) is 19.1 Å². The molecule has 0 amide bonds. The second-order valence-electron chi connectivity index (χ2n) is 6.38. The third-order valence-electron chi connectivity index (χ3n) is 4.65. The molecule has 0 aliphatic carbocycles. The van der Waals surface area contributed by atoms with E-state index in [-0.39, 0.29) is 16.9 Å². The van der Waals surface area contributed by atoms with Crippen LogP contribution in [0.2, 0.25) is 0 Å². The summed E-state index contributed by atoms with van der Waals surface area (Å²) >= 11 is 0. The Bertz CT molecular complexity index is 1020. The van der Waals surface area contributed by atoms with E-state index < -0.39 is 28.0 Å². The minimum atomic E-state index is -0.770. The number of esters is 1. The Balaban J connectivity index is 2.11. The first-order valence-electron chi connectivity index (χ1n) is 8.62. The molecule has 0 saturated heterocycles. The number of rotatable bonds is 5. The van der Waals surface area contributed by atoms with E-state index in [2.05, 4.69) is 10.6 Å². The molecule has 1 heterocycles. The Labute approximate surface area is 165 Å². The molecule has 1 aliphatic heterocycles. The SMILES string of the molecule is COC(=O)C1=C(C)N[C@@H](c2ccccc2[N+](=O)[O-])N[C@H]1c1cccc([N+](=O)[O-])c1. The highest BCUT2D eigenvalue weighted by Gasteiger charge is 2.35. The van der Waals surface area contributed by atoms with Gasteiger partial charge in [0.1, 0.15) is 6.17 Å². The normalized spacial score (nSPS) is 18.7. The van der Waals surface area contributed by atoms with Gasteiger partial charge >= 0.3 is 5.97 Å². The van der Waals surface area contributed by atoms with E-state index in [1.165, 1.54) is 31.4 Å². The van der Waals surface area contributed by atoms with Gasteiger partial charge in [-0.15, -0.1) is 0 Å². The number of non-ortho nitro benzene ring substituents is 1. The number of methoxy groups -OCH3 is 1. The first-order chi connectivity index (χ1) is 13.8. The number of nitrogens with zero attached hydrogens (tertiary/aromatic N) is 2. The fourth-order valence-corrected chi connectivity index (χ4v) is 3.33. The number of nitro benzene ring substituents is 2. The van der Waals surface area contributed by atoms with Gasteiger partial charge in [-0.25, -0.2) is 4.79 Å². The molecule has 150 valence electrons. The zero-order chi connectivity index (χ0) is 21.1. The molecule has 0 radical (unpaired) electrons. The number of allylic oxidation sites excluding steroid dienone is 1. The lowest BCUT2D eigenvalue weighted by Gasteiger charge is -2.35. The molecule has 2 N–H and O–H groups in total. The highest BCUT2D eigenvalue weighted by Crippen LogP contribution is 2.35. The number of carbonyl (C=O) groups is 1. The molecule has 0 saturated carbocycles. The summed E-state index contributed by atoms with van der Waals surface area (Å²) in [6, 6.07) is 11.3. The summed E-state index contributed by atoms with van der Waals surface area (Å²) in [5.74, 6) is -0.611. The molecule has 1 aliphatic rings. The molecule has 10 nitrogen and oxygen atoms in total. The van der Waals surface area contributed by atoms with E-state index >= 15 is 0 Å². The lowest BCUT2D eigenvalue weighted by Crippen LogP contribution is -2.44. The maximum atomic E-state index is 12.4. The first-order valence-corrected chi connectivity index (χ1v) is 8.62. The molecule has 2 atom stereocenters. The molecular formula is C19H18N4O6. The average molecular weight is 398 g/mol. The molecule has 0 unspecified atom stereocenters. The third kappa shape index (κ3) is 3.92. The number of para-hydroxylation sites is 1. The lowest BCUT2D eigenvalue weighted by atomic mass is 9.93. The van der Waals surface area contributed by atoms with Gasteiger partial charge in [-0.1, -0.05) is 24.3 Å². The monoisotopic (exact) mass is 398 g/mol. The zero-order valence-electron chi connectivity index (χ0n) is 15.6. The minimum Gasteiger partial charge on any atom is -0.466 e. The second-order valence-corrected chi connectivity index (χ2v) is 6.38. The Morgan fingerprint density at radius 1 is 1.07 bits per heavy atom. The highest BCUT2D eigenvalue weighted by molar-refractivity contribution is 5.91. The van der Waals surface area contributed by atoms with Gasteiger partial charge in [0, 0.05) is 23.9 Å². The summed E-state index contributed by atoms with van der Waals surface area (Å²) in [6.45, 7) is 1.65. The number of nitrogens with one attached hydrogen (secondary N) is 2. The van der Waals surface area contributed by atoms with E-state index in [9.17, 15) is 25.0 Å². The summed E-state index contributed by atoms with van der Waals surface area (Å²) in [5, 5.41) is 28.8. The average Bonchev–Trinajstić information content (AvgIpc) is 2.72. The van der Waals surface area contributed by atoms with Crippen molar-refractivity contribution >= 4 is 17.3 Å². The van der Waals surface area contributed by atoms with Gasteiger partial charge in [0.2, 0.25) is 0 Å². The van der Waals surface area contributed by atoms with Crippen LogP contribution in [-0.2, 0) is 9.53 Å². The zero-order valence-corrected chi connectivity index (χ0v) is 15.6. The van der Waals surface area contributed by atoms with E-state index in [1.807, 2.05) is 0 Å². The number of ether oxygens (including phenoxy) is 1. The summed E-state index contributed by atoms with van der Waals surface area (Å²) in [7, 11) is 1.24. The van der Waals surface area contributed by atoms with Gasteiger partial charge in [0.25, 0.3) is 11.4 Å². The fourth-order valence-electron chi connectivity index (χ4n) is 3.33. The Kier molecular flexibility index (Phi) is 5.55. The molecule has 29 heavy (non-hydrogen) atoms. The van der Waals surface area contributed by atoms with Gasteiger partial charge in [-0.2, -0.15) is 0 Å². The van der Waals surface area contributed by atoms with Crippen molar-refractivity contribution in [3.8, 4) is 0 Å².